The van der Waals surface area contributed by atoms with Crippen molar-refractivity contribution in [2.24, 2.45) is 0 Å². The van der Waals surface area contributed by atoms with Crippen molar-refractivity contribution in [3.05, 3.63) is 48.0 Å². The first-order valence-electron chi connectivity index (χ1n) is 6.42. The summed E-state index contributed by atoms with van der Waals surface area (Å²) < 4.78 is 6.06. The van der Waals surface area contributed by atoms with Gasteiger partial charge in [0.05, 0.1) is 5.60 Å². The Balaban J connectivity index is 2.16. The van der Waals surface area contributed by atoms with Gasteiger partial charge in [-0.3, -0.25) is 0 Å². The molecule has 88 valence electrons. The monoisotopic (exact) mass is 226 g/mol. The maximum atomic E-state index is 6.06. The van der Waals surface area contributed by atoms with Crippen molar-refractivity contribution in [1.82, 2.24) is 0 Å². The Labute approximate surface area is 102 Å². The van der Waals surface area contributed by atoms with E-state index in [1.165, 1.54) is 29.2 Å². The van der Waals surface area contributed by atoms with Gasteiger partial charge in [0.15, 0.2) is 0 Å². The molecule has 1 saturated heterocycles. The topological polar surface area (TPSA) is 9.23 Å². The molecule has 1 aliphatic heterocycles. The van der Waals surface area contributed by atoms with Gasteiger partial charge in [-0.05, 0) is 42.5 Å². The molecular weight excluding hydrogens is 208 g/mol. The standard InChI is InChI=1S/C16H18O/c1-16(11-4-5-12-17-16)15-10-6-8-13-7-2-3-9-14(13)15/h2-3,6-10H,4-5,11-12H2,1H3. The van der Waals surface area contributed by atoms with Crippen LogP contribution >= 0.6 is 0 Å². The first kappa shape index (κ1) is 10.8. The molecule has 0 saturated carbocycles. The molecule has 0 spiro atoms. The molecule has 1 atom stereocenters. The zero-order chi connectivity index (χ0) is 11.7. The van der Waals surface area contributed by atoms with Crippen molar-refractivity contribution in [1.29, 1.82) is 0 Å². The van der Waals surface area contributed by atoms with Crippen LogP contribution in [0.15, 0.2) is 42.5 Å². The second kappa shape index (κ2) is 4.15. The fraction of sp³-hybridized carbons (Fsp3) is 0.375. The van der Waals surface area contributed by atoms with Gasteiger partial charge in [0.25, 0.3) is 0 Å². The van der Waals surface area contributed by atoms with Crippen molar-refractivity contribution in [2.75, 3.05) is 6.61 Å². The molecule has 0 aliphatic carbocycles. The van der Waals surface area contributed by atoms with Crippen LogP contribution in [0.5, 0.6) is 0 Å². The molecular formula is C16H18O. The van der Waals surface area contributed by atoms with Gasteiger partial charge in [-0.2, -0.15) is 0 Å². The Bertz CT molecular complexity index is 519. The van der Waals surface area contributed by atoms with Crippen LogP contribution in [0.3, 0.4) is 0 Å². The maximum Gasteiger partial charge on any atom is 0.0909 e. The molecule has 1 unspecified atom stereocenters. The summed E-state index contributed by atoms with van der Waals surface area (Å²) in [5.74, 6) is 0. The lowest BCUT2D eigenvalue weighted by Crippen LogP contribution is -2.30. The molecule has 0 radical (unpaired) electrons. The van der Waals surface area contributed by atoms with Crippen LogP contribution in [0.2, 0.25) is 0 Å². The predicted molar refractivity (Wildman–Crippen MR) is 71.1 cm³/mol. The van der Waals surface area contributed by atoms with Crippen molar-refractivity contribution in [3.8, 4) is 0 Å². The average Bonchev–Trinajstić information content (AvgIpc) is 2.39. The van der Waals surface area contributed by atoms with E-state index < -0.39 is 0 Å². The number of benzene rings is 2. The molecule has 0 bridgehead atoms. The SMILES string of the molecule is CC1(c2cccc3ccccc23)CCCCO1. The number of ether oxygens (including phenoxy) is 1. The van der Waals surface area contributed by atoms with E-state index in [1.807, 2.05) is 0 Å². The molecule has 2 aromatic carbocycles. The Morgan fingerprint density at radius 2 is 1.82 bits per heavy atom. The minimum atomic E-state index is -0.0981. The fourth-order valence-electron chi connectivity index (χ4n) is 2.83. The minimum Gasteiger partial charge on any atom is -0.371 e. The van der Waals surface area contributed by atoms with E-state index in [4.69, 9.17) is 4.74 Å². The third-order valence-electron chi connectivity index (χ3n) is 3.83. The molecule has 1 fully saturated rings. The van der Waals surface area contributed by atoms with Crippen LogP contribution in [0.1, 0.15) is 31.7 Å². The lowest BCUT2D eigenvalue weighted by molar-refractivity contribution is -0.0691. The van der Waals surface area contributed by atoms with Crippen LogP contribution in [-0.4, -0.2) is 6.61 Å². The van der Waals surface area contributed by atoms with Crippen LogP contribution in [0.25, 0.3) is 10.8 Å². The second-order valence-electron chi connectivity index (χ2n) is 5.06. The Hall–Kier alpha value is -1.34. The summed E-state index contributed by atoms with van der Waals surface area (Å²) in [6.07, 6.45) is 3.58. The Kier molecular flexibility index (Phi) is 2.64. The summed E-state index contributed by atoms with van der Waals surface area (Å²) >= 11 is 0. The molecule has 1 heterocycles. The van der Waals surface area contributed by atoms with Gasteiger partial charge in [0.1, 0.15) is 0 Å². The van der Waals surface area contributed by atoms with E-state index >= 15 is 0 Å². The van der Waals surface area contributed by atoms with Gasteiger partial charge in [0.2, 0.25) is 0 Å². The molecule has 1 aliphatic rings. The van der Waals surface area contributed by atoms with E-state index in [0.29, 0.717) is 0 Å². The summed E-state index contributed by atoms with van der Waals surface area (Å²) in [7, 11) is 0. The fourth-order valence-corrected chi connectivity index (χ4v) is 2.83. The van der Waals surface area contributed by atoms with E-state index in [-0.39, 0.29) is 5.60 Å². The predicted octanol–water partition coefficient (Wildman–Crippen LogP) is 4.26. The summed E-state index contributed by atoms with van der Waals surface area (Å²) in [6, 6.07) is 15.1. The largest absolute Gasteiger partial charge is 0.371 e. The lowest BCUT2D eigenvalue weighted by atomic mass is 9.85. The normalized spacial score (nSPS) is 25.0. The van der Waals surface area contributed by atoms with Gasteiger partial charge in [-0.25, -0.2) is 0 Å². The molecule has 0 N–H and O–H groups in total. The summed E-state index contributed by atoms with van der Waals surface area (Å²) in [5.41, 5.74) is 1.24. The molecule has 2 aromatic rings. The smallest absolute Gasteiger partial charge is 0.0909 e. The van der Waals surface area contributed by atoms with Gasteiger partial charge in [-0.1, -0.05) is 42.5 Å². The van der Waals surface area contributed by atoms with Gasteiger partial charge in [-0.15, -0.1) is 0 Å². The number of hydrogen-bond acceptors (Lipinski definition) is 1. The molecule has 1 heteroatoms. The van der Waals surface area contributed by atoms with Gasteiger partial charge < -0.3 is 4.74 Å². The van der Waals surface area contributed by atoms with Gasteiger partial charge in [0, 0.05) is 6.61 Å². The summed E-state index contributed by atoms with van der Waals surface area (Å²) in [5, 5.41) is 2.64. The first-order chi connectivity index (χ1) is 8.30. The lowest BCUT2D eigenvalue weighted by Gasteiger charge is -2.35. The molecule has 0 aromatic heterocycles. The molecule has 0 amide bonds. The molecule has 3 rings (SSSR count). The van der Waals surface area contributed by atoms with Crippen LogP contribution in [0, 0.1) is 0 Å². The average molecular weight is 226 g/mol. The summed E-state index contributed by atoms with van der Waals surface area (Å²) in [6.45, 7) is 3.12. The molecule has 17 heavy (non-hydrogen) atoms. The quantitative estimate of drug-likeness (QED) is 0.706. The van der Waals surface area contributed by atoms with E-state index in [1.54, 1.807) is 0 Å². The highest BCUT2D eigenvalue weighted by Crippen LogP contribution is 2.38. The van der Waals surface area contributed by atoms with Crippen LogP contribution in [-0.2, 0) is 10.3 Å². The number of fused-ring (bicyclic) bond motifs is 1. The van der Waals surface area contributed by atoms with E-state index in [9.17, 15) is 0 Å². The van der Waals surface area contributed by atoms with Crippen LogP contribution < -0.4 is 0 Å². The second-order valence-corrected chi connectivity index (χ2v) is 5.06. The van der Waals surface area contributed by atoms with Crippen molar-refractivity contribution in [3.63, 3.8) is 0 Å². The third kappa shape index (κ3) is 1.85. The highest BCUT2D eigenvalue weighted by atomic mass is 16.5. The van der Waals surface area contributed by atoms with Crippen LogP contribution in [0.4, 0.5) is 0 Å². The number of rotatable bonds is 1. The third-order valence-corrected chi connectivity index (χ3v) is 3.83. The maximum absolute atomic E-state index is 6.06. The Morgan fingerprint density at radius 1 is 1.00 bits per heavy atom. The minimum absolute atomic E-state index is 0.0981. The first-order valence-corrected chi connectivity index (χ1v) is 6.42. The van der Waals surface area contributed by atoms with E-state index in [0.717, 1.165) is 13.0 Å². The highest BCUT2D eigenvalue weighted by Gasteiger charge is 2.31. The van der Waals surface area contributed by atoms with E-state index in [2.05, 4.69) is 49.4 Å². The van der Waals surface area contributed by atoms with Crippen molar-refractivity contribution < 1.29 is 4.74 Å². The van der Waals surface area contributed by atoms with Crippen molar-refractivity contribution in [2.45, 2.75) is 31.8 Å². The van der Waals surface area contributed by atoms with Gasteiger partial charge >= 0.3 is 0 Å². The number of hydrogen-bond donors (Lipinski definition) is 0. The summed E-state index contributed by atoms with van der Waals surface area (Å²) in [4.78, 5) is 0. The molecule has 1 nitrogen and oxygen atoms in total. The zero-order valence-electron chi connectivity index (χ0n) is 10.3. The highest BCUT2D eigenvalue weighted by molar-refractivity contribution is 5.86. The van der Waals surface area contributed by atoms with Crippen molar-refractivity contribution >= 4 is 10.8 Å². The Morgan fingerprint density at radius 3 is 2.65 bits per heavy atom. The zero-order valence-corrected chi connectivity index (χ0v) is 10.3.